The summed E-state index contributed by atoms with van der Waals surface area (Å²) in [6.07, 6.45) is 0. The van der Waals surface area contributed by atoms with Crippen molar-refractivity contribution in [2.24, 2.45) is 0 Å². The van der Waals surface area contributed by atoms with Gasteiger partial charge in [-0.2, -0.15) is 0 Å². The highest BCUT2D eigenvalue weighted by Crippen LogP contribution is 2.41. The van der Waals surface area contributed by atoms with E-state index < -0.39 is 0 Å². The molecule has 0 aliphatic rings. The molecule has 17 heavy (non-hydrogen) atoms. The quantitative estimate of drug-likeness (QED) is 0.450. The second-order valence-corrected chi connectivity index (χ2v) is 7.81. The van der Waals surface area contributed by atoms with Crippen LogP contribution in [0.2, 0.25) is 10.0 Å². The van der Waals surface area contributed by atoms with Crippen molar-refractivity contribution in [3.05, 3.63) is 53.0 Å². The van der Waals surface area contributed by atoms with Crippen molar-refractivity contribution in [2.75, 3.05) is 0 Å². The maximum Gasteiger partial charge on any atom is 0.0929 e. The Labute approximate surface area is 135 Å². The van der Waals surface area contributed by atoms with Crippen LogP contribution >= 0.6 is 78.0 Å². The predicted octanol–water partition coefficient (Wildman–Crippen LogP) is 6.91. The van der Waals surface area contributed by atoms with Crippen LogP contribution in [0.1, 0.15) is 15.8 Å². The standard InChI is InChI=1S/C11H5Br2Cl3S/c12-6-2-1-5(3-7(6)14)10(16)9-4-8(15)11(13)17-9/h1-4,10H. The molecular formula is C11H5Br2Cl3S. The Morgan fingerprint density at radius 2 is 1.76 bits per heavy atom. The second-order valence-electron chi connectivity index (χ2n) is 3.31. The molecule has 1 heterocycles. The zero-order chi connectivity index (χ0) is 12.6. The highest BCUT2D eigenvalue weighted by Gasteiger charge is 2.16. The second kappa shape index (κ2) is 5.81. The summed E-state index contributed by atoms with van der Waals surface area (Å²) in [6, 6.07) is 7.54. The summed E-state index contributed by atoms with van der Waals surface area (Å²) in [5, 5.41) is 1.09. The van der Waals surface area contributed by atoms with Gasteiger partial charge in [0.15, 0.2) is 0 Å². The zero-order valence-corrected chi connectivity index (χ0v) is 14.4. The summed E-state index contributed by atoms with van der Waals surface area (Å²) in [5.41, 5.74) is 0.949. The van der Waals surface area contributed by atoms with Gasteiger partial charge in [0.2, 0.25) is 0 Å². The van der Waals surface area contributed by atoms with E-state index in [9.17, 15) is 0 Å². The summed E-state index contributed by atoms with van der Waals surface area (Å²) in [6.45, 7) is 0. The van der Waals surface area contributed by atoms with Crippen LogP contribution in [-0.4, -0.2) is 0 Å². The molecule has 0 saturated carbocycles. The molecule has 0 aliphatic heterocycles. The van der Waals surface area contributed by atoms with Crippen LogP contribution in [0.4, 0.5) is 0 Å². The van der Waals surface area contributed by atoms with Crippen molar-refractivity contribution in [3.8, 4) is 0 Å². The lowest BCUT2D eigenvalue weighted by Crippen LogP contribution is -1.89. The molecule has 2 rings (SSSR count). The van der Waals surface area contributed by atoms with Crippen molar-refractivity contribution in [2.45, 2.75) is 5.38 Å². The monoisotopic (exact) mass is 432 g/mol. The van der Waals surface area contributed by atoms with Crippen LogP contribution in [0.3, 0.4) is 0 Å². The van der Waals surface area contributed by atoms with E-state index in [-0.39, 0.29) is 5.38 Å². The third kappa shape index (κ3) is 3.20. The van der Waals surface area contributed by atoms with Gasteiger partial charge < -0.3 is 0 Å². The van der Waals surface area contributed by atoms with Crippen LogP contribution < -0.4 is 0 Å². The molecule has 1 unspecified atom stereocenters. The molecule has 0 nitrogen and oxygen atoms in total. The van der Waals surface area contributed by atoms with E-state index >= 15 is 0 Å². The number of thiophene rings is 1. The van der Waals surface area contributed by atoms with Gasteiger partial charge in [-0.05, 0) is 55.6 Å². The predicted molar refractivity (Wildman–Crippen MR) is 83.9 cm³/mol. The third-order valence-electron chi connectivity index (χ3n) is 2.15. The largest absolute Gasteiger partial charge is 0.130 e. The van der Waals surface area contributed by atoms with Gasteiger partial charge in [-0.25, -0.2) is 0 Å². The first-order chi connectivity index (χ1) is 7.99. The Kier molecular flexibility index (Phi) is 4.84. The van der Waals surface area contributed by atoms with Crippen molar-refractivity contribution < 1.29 is 0 Å². The number of benzene rings is 1. The number of rotatable bonds is 2. The molecule has 2 aromatic rings. The summed E-state index contributed by atoms with van der Waals surface area (Å²) in [7, 11) is 0. The first kappa shape index (κ1) is 14.2. The SMILES string of the molecule is Clc1cc(C(Cl)c2cc(Cl)c(Br)s2)ccc1Br. The highest BCUT2D eigenvalue weighted by molar-refractivity contribution is 9.11. The van der Waals surface area contributed by atoms with Gasteiger partial charge in [-0.15, -0.1) is 22.9 Å². The number of hydrogen-bond donors (Lipinski definition) is 0. The van der Waals surface area contributed by atoms with Crippen molar-refractivity contribution in [3.63, 3.8) is 0 Å². The van der Waals surface area contributed by atoms with Gasteiger partial charge >= 0.3 is 0 Å². The first-order valence-corrected chi connectivity index (χ1v) is 8.12. The van der Waals surface area contributed by atoms with Crippen LogP contribution in [0, 0.1) is 0 Å². The van der Waals surface area contributed by atoms with Gasteiger partial charge in [-0.3, -0.25) is 0 Å². The summed E-state index contributed by atoms with van der Waals surface area (Å²) in [5.74, 6) is 0. The number of halogens is 5. The van der Waals surface area contributed by atoms with E-state index in [4.69, 9.17) is 34.8 Å². The summed E-state index contributed by atoms with van der Waals surface area (Å²) >= 11 is 26.7. The van der Waals surface area contributed by atoms with E-state index in [1.807, 2.05) is 24.3 Å². The lowest BCUT2D eigenvalue weighted by atomic mass is 10.1. The van der Waals surface area contributed by atoms with E-state index in [0.29, 0.717) is 10.0 Å². The molecule has 90 valence electrons. The Balaban J connectivity index is 2.36. The Bertz CT molecular complexity index is 534. The van der Waals surface area contributed by atoms with Crippen LogP contribution in [-0.2, 0) is 0 Å². The minimum atomic E-state index is -0.241. The molecule has 0 bridgehead atoms. The van der Waals surface area contributed by atoms with Gasteiger partial charge in [0.1, 0.15) is 0 Å². The average molecular weight is 435 g/mol. The average Bonchev–Trinajstić information content (AvgIpc) is 2.62. The first-order valence-electron chi connectivity index (χ1n) is 4.53. The van der Waals surface area contributed by atoms with Gasteiger partial charge in [0.25, 0.3) is 0 Å². The molecule has 1 atom stereocenters. The maximum atomic E-state index is 6.40. The Hall–Kier alpha value is 0.750. The minimum Gasteiger partial charge on any atom is -0.130 e. The third-order valence-corrected chi connectivity index (χ3v) is 6.54. The fourth-order valence-electron chi connectivity index (χ4n) is 1.32. The van der Waals surface area contributed by atoms with Crippen molar-refractivity contribution in [1.82, 2.24) is 0 Å². The van der Waals surface area contributed by atoms with Crippen molar-refractivity contribution >= 4 is 78.0 Å². The molecule has 0 fully saturated rings. The van der Waals surface area contributed by atoms with E-state index in [1.54, 1.807) is 0 Å². The molecular weight excluding hydrogens is 430 g/mol. The normalized spacial score (nSPS) is 12.8. The Morgan fingerprint density at radius 1 is 1.06 bits per heavy atom. The molecule has 0 amide bonds. The molecule has 1 aromatic carbocycles. The van der Waals surface area contributed by atoms with E-state index in [1.165, 1.54) is 11.3 Å². The highest BCUT2D eigenvalue weighted by atomic mass is 79.9. The number of alkyl halides is 1. The van der Waals surface area contributed by atoms with Crippen LogP contribution in [0.25, 0.3) is 0 Å². The molecule has 1 aromatic heterocycles. The molecule has 6 heteroatoms. The zero-order valence-electron chi connectivity index (χ0n) is 8.18. The molecule has 0 N–H and O–H groups in total. The van der Waals surface area contributed by atoms with Gasteiger partial charge in [-0.1, -0.05) is 29.3 Å². The van der Waals surface area contributed by atoms with E-state index in [0.717, 1.165) is 18.7 Å². The lowest BCUT2D eigenvalue weighted by molar-refractivity contribution is 1.18. The molecule has 0 radical (unpaired) electrons. The minimum absolute atomic E-state index is 0.241. The molecule has 0 aliphatic carbocycles. The smallest absolute Gasteiger partial charge is 0.0929 e. The summed E-state index contributed by atoms with van der Waals surface area (Å²) < 4.78 is 1.75. The fourth-order valence-corrected chi connectivity index (χ4v) is 3.84. The number of hydrogen-bond acceptors (Lipinski definition) is 1. The van der Waals surface area contributed by atoms with Gasteiger partial charge in [0, 0.05) is 9.35 Å². The van der Waals surface area contributed by atoms with Crippen LogP contribution in [0.15, 0.2) is 32.5 Å². The topological polar surface area (TPSA) is 0 Å². The maximum absolute atomic E-state index is 6.40. The fraction of sp³-hybridized carbons (Fsp3) is 0.0909. The Morgan fingerprint density at radius 3 is 2.29 bits per heavy atom. The lowest BCUT2D eigenvalue weighted by Gasteiger charge is -2.08. The van der Waals surface area contributed by atoms with Crippen molar-refractivity contribution in [1.29, 1.82) is 0 Å². The van der Waals surface area contributed by atoms with Gasteiger partial charge in [0.05, 0.1) is 19.2 Å². The van der Waals surface area contributed by atoms with E-state index in [2.05, 4.69) is 31.9 Å². The summed E-state index contributed by atoms with van der Waals surface area (Å²) in [4.78, 5) is 0.988. The molecule has 0 saturated heterocycles. The molecule has 0 spiro atoms. The van der Waals surface area contributed by atoms with Crippen LogP contribution in [0.5, 0.6) is 0 Å².